The van der Waals surface area contributed by atoms with Crippen molar-refractivity contribution in [1.82, 2.24) is 5.43 Å². The van der Waals surface area contributed by atoms with Gasteiger partial charge in [0.05, 0.1) is 0 Å². The molecule has 0 bridgehead atoms. The molecule has 8 N–H and O–H groups in total. The maximum Gasteiger partial charge on any atom is 0.328 e. The maximum absolute atomic E-state index is 9.55. The van der Waals surface area contributed by atoms with Gasteiger partial charge in [-0.2, -0.15) is 0 Å². The highest BCUT2D eigenvalue weighted by Gasteiger charge is 1.88. The van der Waals surface area contributed by atoms with Crippen molar-refractivity contribution < 1.29 is 19.8 Å². The molecule has 0 aromatic heterocycles. The van der Waals surface area contributed by atoms with Gasteiger partial charge in [-0.25, -0.2) is 15.4 Å². The molecular formula is C5H10N4O4. The van der Waals surface area contributed by atoms with Crippen LogP contribution in [0, 0.1) is 5.41 Å². The fraction of sp³-hybridized carbons (Fsp3) is 0. The van der Waals surface area contributed by atoms with Crippen LogP contribution >= 0.6 is 0 Å². The summed E-state index contributed by atoms with van der Waals surface area (Å²) in [6.45, 7) is 0. The minimum atomic E-state index is -1.26. The molecule has 0 atom stereocenters. The number of hydrogen-bond donors (Lipinski definition) is 6. The third-order valence-electron chi connectivity index (χ3n) is 0.524. The predicted octanol–water partition coefficient (Wildman–Crippen LogP) is -1.95. The first-order valence-corrected chi connectivity index (χ1v) is 2.84. The smallest absolute Gasteiger partial charge is 0.328 e. The number of aliphatic carboxylic acids is 2. The van der Waals surface area contributed by atoms with Crippen LogP contribution in [0.25, 0.3) is 0 Å². The number of rotatable bonds is 2. The van der Waals surface area contributed by atoms with Crippen molar-refractivity contribution in [2.24, 2.45) is 11.6 Å². The molecule has 0 aliphatic carbocycles. The van der Waals surface area contributed by atoms with E-state index in [1.807, 2.05) is 5.43 Å². The summed E-state index contributed by atoms with van der Waals surface area (Å²) in [6.07, 6.45) is 1.12. The Balaban J connectivity index is 0. The SMILES string of the molecule is N=C(N)NN.O=C(O)/C=C\C(=O)O. The fourth-order valence-corrected chi connectivity index (χ4v) is 0.143. The summed E-state index contributed by atoms with van der Waals surface area (Å²) < 4.78 is 0. The first-order valence-electron chi connectivity index (χ1n) is 2.84. The van der Waals surface area contributed by atoms with Gasteiger partial charge in [0, 0.05) is 12.2 Å². The Morgan fingerprint density at radius 1 is 1.23 bits per heavy atom. The third kappa shape index (κ3) is 25.7. The zero-order valence-electron chi connectivity index (χ0n) is 6.52. The van der Waals surface area contributed by atoms with Crippen molar-refractivity contribution in [3.63, 3.8) is 0 Å². The van der Waals surface area contributed by atoms with Crippen molar-refractivity contribution in [2.45, 2.75) is 0 Å². The van der Waals surface area contributed by atoms with E-state index in [1.165, 1.54) is 0 Å². The maximum atomic E-state index is 9.55. The second-order valence-corrected chi connectivity index (χ2v) is 1.57. The molecule has 0 unspecified atom stereocenters. The van der Waals surface area contributed by atoms with Gasteiger partial charge in [0.15, 0.2) is 5.96 Å². The molecular weight excluding hydrogens is 180 g/mol. The Bertz CT molecular complexity index is 209. The van der Waals surface area contributed by atoms with E-state index in [-0.39, 0.29) is 5.96 Å². The lowest BCUT2D eigenvalue weighted by molar-refractivity contribution is -0.134. The fourth-order valence-electron chi connectivity index (χ4n) is 0.143. The van der Waals surface area contributed by atoms with E-state index < -0.39 is 11.9 Å². The van der Waals surface area contributed by atoms with E-state index in [4.69, 9.17) is 15.6 Å². The minimum Gasteiger partial charge on any atom is -0.478 e. The molecule has 0 saturated carbocycles. The van der Waals surface area contributed by atoms with Crippen LogP contribution in [0.1, 0.15) is 0 Å². The molecule has 74 valence electrons. The quantitative estimate of drug-likeness (QED) is 0.0968. The number of guanidine groups is 1. The third-order valence-corrected chi connectivity index (χ3v) is 0.524. The summed E-state index contributed by atoms with van der Waals surface area (Å²) in [6, 6.07) is 0. The molecule has 13 heavy (non-hydrogen) atoms. The summed E-state index contributed by atoms with van der Waals surface area (Å²) in [5.74, 6) is 1.84. The van der Waals surface area contributed by atoms with Crippen LogP contribution in [0.3, 0.4) is 0 Å². The summed E-state index contributed by atoms with van der Waals surface area (Å²) in [4.78, 5) is 19.1. The Morgan fingerprint density at radius 2 is 1.46 bits per heavy atom. The molecule has 0 spiro atoms. The van der Waals surface area contributed by atoms with Gasteiger partial charge in [-0.05, 0) is 0 Å². The number of hydrazine groups is 1. The van der Waals surface area contributed by atoms with E-state index >= 15 is 0 Å². The highest BCUT2D eigenvalue weighted by molar-refractivity contribution is 5.89. The lowest BCUT2D eigenvalue weighted by Gasteiger charge is -1.85. The highest BCUT2D eigenvalue weighted by atomic mass is 16.4. The average molecular weight is 190 g/mol. The molecule has 0 amide bonds. The first-order chi connectivity index (χ1) is 5.90. The molecule has 0 aliphatic heterocycles. The molecule has 0 radical (unpaired) electrons. The van der Waals surface area contributed by atoms with Gasteiger partial charge >= 0.3 is 11.9 Å². The Morgan fingerprint density at radius 3 is 1.54 bits per heavy atom. The molecule has 8 heteroatoms. The van der Waals surface area contributed by atoms with Crippen LogP contribution in [-0.2, 0) is 9.59 Å². The largest absolute Gasteiger partial charge is 0.478 e. The highest BCUT2D eigenvalue weighted by Crippen LogP contribution is 1.70. The Hall–Kier alpha value is -2.09. The second-order valence-electron chi connectivity index (χ2n) is 1.57. The van der Waals surface area contributed by atoms with Crippen molar-refractivity contribution in [3.05, 3.63) is 12.2 Å². The molecule has 0 heterocycles. The number of nitrogens with two attached hydrogens (primary N) is 2. The van der Waals surface area contributed by atoms with Crippen molar-refractivity contribution in [1.29, 1.82) is 5.41 Å². The number of carbonyl (C=O) groups is 2. The topological polar surface area (TPSA) is 163 Å². The molecule has 0 rings (SSSR count). The first kappa shape index (κ1) is 13.5. The van der Waals surface area contributed by atoms with Gasteiger partial charge in [0.25, 0.3) is 0 Å². The molecule has 0 fully saturated rings. The lowest BCUT2D eigenvalue weighted by Crippen LogP contribution is -2.35. The van der Waals surface area contributed by atoms with E-state index in [0.29, 0.717) is 12.2 Å². The summed E-state index contributed by atoms with van der Waals surface area (Å²) in [5, 5.41) is 21.9. The molecule has 0 saturated heterocycles. The van der Waals surface area contributed by atoms with Crippen LogP contribution in [0.5, 0.6) is 0 Å². The monoisotopic (exact) mass is 190 g/mol. The van der Waals surface area contributed by atoms with Gasteiger partial charge in [0.1, 0.15) is 0 Å². The molecule has 0 aliphatic rings. The zero-order valence-corrected chi connectivity index (χ0v) is 6.52. The summed E-state index contributed by atoms with van der Waals surface area (Å²) >= 11 is 0. The Labute approximate surface area is 73.3 Å². The number of nitrogens with one attached hydrogen (secondary N) is 2. The lowest BCUT2D eigenvalue weighted by atomic mass is 10.5. The van der Waals surface area contributed by atoms with E-state index in [2.05, 4.69) is 11.6 Å². The number of carboxylic acids is 2. The van der Waals surface area contributed by atoms with Crippen molar-refractivity contribution >= 4 is 17.9 Å². The van der Waals surface area contributed by atoms with Gasteiger partial charge in [0.2, 0.25) is 0 Å². The Kier molecular flexibility index (Phi) is 8.32. The number of hydrogen-bond acceptors (Lipinski definition) is 4. The summed E-state index contributed by atoms with van der Waals surface area (Å²) in [7, 11) is 0. The zero-order chi connectivity index (χ0) is 10.9. The average Bonchev–Trinajstić information content (AvgIpc) is 2.02. The van der Waals surface area contributed by atoms with E-state index in [9.17, 15) is 9.59 Å². The van der Waals surface area contributed by atoms with Crippen molar-refractivity contribution in [2.75, 3.05) is 0 Å². The normalized spacial score (nSPS) is 8.38. The van der Waals surface area contributed by atoms with Gasteiger partial charge in [-0.1, -0.05) is 0 Å². The molecule has 8 nitrogen and oxygen atoms in total. The van der Waals surface area contributed by atoms with Gasteiger partial charge < -0.3 is 15.9 Å². The molecule has 0 aromatic carbocycles. The van der Waals surface area contributed by atoms with Crippen LogP contribution in [0.15, 0.2) is 12.2 Å². The van der Waals surface area contributed by atoms with E-state index in [1.54, 1.807) is 0 Å². The van der Waals surface area contributed by atoms with Crippen LogP contribution < -0.4 is 17.0 Å². The predicted molar refractivity (Wildman–Crippen MR) is 43.6 cm³/mol. The molecule has 0 aromatic rings. The summed E-state index contributed by atoms with van der Waals surface area (Å²) in [5.41, 5.74) is 6.53. The van der Waals surface area contributed by atoms with Crippen LogP contribution in [0.2, 0.25) is 0 Å². The number of carboxylic acid groups (broad SMARTS) is 2. The van der Waals surface area contributed by atoms with Crippen LogP contribution in [-0.4, -0.2) is 28.1 Å². The second kappa shape index (κ2) is 8.01. The minimum absolute atomic E-state index is 0.218. The van der Waals surface area contributed by atoms with Crippen LogP contribution in [0.4, 0.5) is 0 Å². The van der Waals surface area contributed by atoms with Crippen molar-refractivity contribution in [3.8, 4) is 0 Å². The van der Waals surface area contributed by atoms with Gasteiger partial charge in [-0.15, -0.1) is 0 Å². The standard InChI is InChI=1S/C4H4O4.CH6N4/c5-3(6)1-2-4(7)8;2-1(3)5-4/h1-2H,(H,5,6)(H,7,8);4H2,(H4,2,3,5)/b2-1-;. The van der Waals surface area contributed by atoms with Gasteiger partial charge in [-0.3, -0.25) is 10.8 Å². The van der Waals surface area contributed by atoms with E-state index in [0.717, 1.165) is 0 Å².